The van der Waals surface area contributed by atoms with E-state index in [2.05, 4.69) is 20.9 Å². The van der Waals surface area contributed by atoms with Crippen LogP contribution in [0, 0.1) is 0 Å². The van der Waals surface area contributed by atoms with Crippen LogP contribution in [0.25, 0.3) is 0 Å². The Hall–Kier alpha value is -4.45. The molecule has 6 rings (SSSR count). The van der Waals surface area contributed by atoms with Crippen LogP contribution < -0.4 is 20.9 Å². The summed E-state index contributed by atoms with van der Waals surface area (Å²) in [5.74, 6) is -0.761. The van der Waals surface area contributed by atoms with Crippen molar-refractivity contribution in [2.75, 3.05) is 51.5 Å². The monoisotopic (exact) mass is 742 g/mol. The minimum atomic E-state index is -0.891. The molecule has 1 aliphatic carbocycles. The fourth-order valence-electron chi connectivity index (χ4n) is 7.81. The Morgan fingerprint density at radius 2 is 1.58 bits per heavy atom. The second kappa shape index (κ2) is 18.1. The van der Waals surface area contributed by atoms with Gasteiger partial charge in [0.15, 0.2) is 0 Å². The Kier molecular flexibility index (Phi) is 13.0. The number of methoxy groups -OCH3 is 1. The van der Waals surface area contributed by atoms with Gasteiger partial charge in [-0.1, -0.05) is 73.3 Å². The smallest absolute Gasteiger partial charge is 0.251 e. The molecule has 0 aromatic heterocycles. The van der Waals surface area contributed by atoms with E-state index >= 15 is 0 Å². The molecule has 282 valence electrons. The van der Waals surface area contributed by atoms with Crippen LogP contribution in [0.15, 0.2) is 78.9 Å². The van der Waals surface area contributed by atoms with Gasteiger partial charge in [-0.3, -0.25) is 19.2 Å². The Morgan fingerprint density at radius 1 is 0.906 bits per heavy atom. The van der Waals surface area contributed by atoms with Crippen molar-refractivity contribution in [3.05, 3.63) is 101 Å². The Balaban J connectivity index is 1.15. The number of halogens is 1. The van der Waals surface area contributed by atoms with E-state index in [-0.39, 0.29) is 42.6 Å². The average molecular weight is 743 g/mol. The van der Waals surface area contributed by atoms with Crippen LogP contribution >= 0.6 is 11.6 Å². The van der Waals surface area contributed by atoms with Crippen LogP contribution in [0.5, 0.6) is 0 Å². The van der Waals surface area contributed by atoms with Crippen molar-refractivity contribution < 1.29 is 23.9 Å². The molecule has 1 atom stereocenters. The van der Waals surface area contributed by atoms with E-state index in [0.29, 0.717) is 56.3 Å². The number of nitrogens with zero attached hydrogens (tertiary/aromatic N) is 3. The normalized spacial score (nSPS) is 17.9. The summed E-state index contributed by atoms with van der Waals surface area (Å²) in [6, 6.07) is 23.7. The molecule has 1 unspecified atom stereocenters. The maximum absolute atomic E-state index is 14.3. The van der Waals surface area contributed by atoms with Crippen molar-refractivity contribution in [1.29, 1.82) is 0 Å². The fraction of sp³-hybridized carbons (Fsp3) is 0.463. The highest BCUT2D eigenvalue weighted by molar-refractivity contribution is 6.30. The Morgan fingerprint density at radius 3 is 2.26 bits per heavy atom. The summed E-state index contributed by atoms with van der Waals surface area (Å²) in [6.07, 6.45) is 6.44. The van der Waals surface area contributed by atoms with Crippen molar-refractivity contribution in [2.45, 2.75) is 75.5 Å². The maximum Gasteiger partial charge on any atom is 0.251 e. The lowest BCUT2D eigenvalue weighted by Crippen LogP contribution is -2.60. The van der Waals surface area contributed by atoms with Crippen molar-refractivity contribution in [3.8, 4) is 0 Å². The van der Waals surface area contributed by atoms with E-state index in [1.54, 1.807) is 41.2 Å². The van der Waals surface area contributed by atoms with Gasteiger partial charge in [-0.2, -0.15) is 0 Å². The summed E-state index contributed by atoms with van der Waals surface area (Å²) in [5.41, 5.74) is 2.36. The molecule has 12 heteroatoms. The molecule has 3 aromatic rings. The molecule has 3 aliphatic rings. The fourth-order valence-corrected chi connectivity index (χ4v) is 7.94. The van der Waals surface area contributed by atoms with E-state index in [0.717, 1.165) is 49.0 Å². The second-order valence-corrected chi connectivity index (χ2v) is 14.8. The third-order valence-corrected chi connectivity index (χ3v) is 11.0. The van der Waals surface area contributed by atoms with Crippen LogP contribution in [-0.2, 0) is 32.1 Å². The van der Waals surface area contributed by atoms with Gasteiger partial charge >= 0.3 is 0 Å². The quantitative estimate of drug-likeness (QED) is 0.208. The van der Waals surface area contributed by atoms with Crippen LogP contribution in [-0.4, -0.2) is 97.6 Å². The molecule has 1 spiro atoms. The number of hydrogen-bond donors (Lipinski definition) is 3. The molecule has 53 heavy (non-hydrogen) atoms. The van der Waals surface area contributed by atoms with Crippen molar-refractivity contribution in [1.82, 2.24) is 25.8 Å². The second-order valence-electron chi connectivity index (χ2n) is 14.4. The molecule has 3 aromatic carbocycles. The maximum atomic E-state index is 14.3. The first kappa shape index (κ1) is 38.3. The van der Waals surface area contributed by atoms with Crippen LogP contribution in [0.2, 0.25) is 5.02 Å². The van der Waals surface area contributed by atoms with Gasteiger partial charge in [0.1, 0.15) is 18.1 Å². The van der Waals surface area contributed by atoms with E-state index in [9.17, 15) is 19.2 Å². The third-order valence-electron chi connectivity index (χ3n) is 10.8. The molecule has 2 saturated heterocycles. The lowest BCUT2D eigenvalue weighted by Gasteiger charge is -2.44. The predicted octanol–water partition coefficient (Wildman–Crippen LogP) is 4.53. The van der Waals surface area contributed by atoms with Crippen molar-refractivity contribution in [2.24, 2.45) is 0 Å². The van der Waals surface area contributed by atoms with E-state index in [1.807, 2.05) is 54.6 Å². The van der Waals surface area contributed by atoms with Crippen LogP contribution in [0.3, 0.4) is 0 Å². The number of para-hydroxylation sites is 1. The Labute approximate surface area is 317 Å². The van der Waals surface area contributed by atoms with Gasteiger partial charge in [0.2, 0.25) is 11.8 Å². The average Bonchev–Trinajstić information content (AvgIpc) is 3.44. The number of rotatable bonds is 14. The van der Waals surface area contributed by atoms with Crippen LogP contribution in [0.1, 0.15) is 66.4 Å². The van der Waals surface area contributed by atoms with Crippen molar-refractivity contribution >= 4 is 40.9 Å². The minimum Gasteiger partial charge on any atom is -0.383 e. The number of carbonyl (C=O) groups excluding carboxylic acids is 4. The molecule has 1 saturated carbocycles. The number of hydrogen-bond acceptors (Lipinski definition) is 7. The first-order chi connectivity index (χ1) is 25.8. The minimum absolute atomic E-state index is 0.00354. The first-order valence-electron chi connectivity index (χ1n) is 18.8. The summed E-state index contributed by atoms with van der Waals surface area (Å²) in [5, 5.41) is 10.1. The summed E-state index contributed by atoms with van der Waals surface area (Å²) < 4.78 is 5.08. The number of amides is 4. The standard InChI is InChI=1S/C41H51ClN6O5/c1-53-25-22-43-27-31-12-16-32(17-13-31)38(50)45-36(26-30-14-18-33(42)19-15-30)39(51)46-23-20-41(21-24-46)40(52)47(29-48(41)35-10-6-3-7-11-35)28-37(49)44-34-8-4-2-5-9-34/h3,6-7,10-19,34,36,43H,2,4-5,8-9,20-29H2,1H3,(H,44,49)(H,45,50). The van der Waals surface area contributed by atoms with Gasteiger partial charge < -0.3 is 35.4 Å². The molecule has 4 amide bonds. The molecular formula is C41H51ClN6O5. The number of ether oxygens (including phenoxy) is 1. The molecule has 2 heterocycles. The topological polar surface area (TPSA) is 123 Å². The summed E-state index contributed by atoms with van der Waals surface area (Å²) in [6.45, 7) is 2.94. The first-order valence-corrected chi connectivity index (χ1v) is 19.2. The molecule has 0 bridgehead atoms. The van der Waals surface area contributed by atoms with Gasteiger partial charge in [0.25, 0.3) is 11.8 Å². The highest BCUT2D eigenvalue weighted by Crippen LogP contribution is 2.39. The van der Waals surface area contributed by atoms with Crippen LogP contribution in [0.4, 0.5) is 5.69 Å². The van der Waals surface area contributed by atoms with Crippen molar-refractivity contribution in [3.63, 3.8) is 0 Å². The number of piperidine rings is 1. The summed E-state index contributed by atoms with van der Waals surface area (Å²) in [4.78, 5) is 60.9. The van der Waals surface area contributed by atoms with Gasteiger partial charge in [-0.15, -0.1) is 0 Å². The summed E-state index contributed by atoms with van der Waals surface area (Å²) in [7, 11) is 1.66. The zero-order chi connectivity index (χ0) is 37.2. The van der Waals surface area contributed by atoms with E-state index in [4.69, 9.17) is 16.3 Å². The largest absolute Gasteiger partial charge is 0.383 e. The highest BCUT2D eigenvalue weighted by atomic mass is 35.5. The van der Waals surface area contributed by atoms with Gasteiger partial charge in [-0.25, -0.2) is 0 Å². The lowest BCUT2D eigenvalue weighted by atomic mass is 9.85. The number of anilines is 1. The highest BCUT2D eigenvalue weighted by Gasteiger charge is 2.54. The van der Waals surface area contributed by atoms with E-state index < -0.39 is 11.6 Å². The Bertz CT molecular complexity index is 1690. The van der Waals surface area contributed by atoms with Gasteiger partial charge in [0, 0.05) is 62.0 Å². The molecule has 0 radical (unpaired) electrons. The predicted molar refractivity (Wildman–Crippen MR) is 205 cm³/mol. The van der Waals surface area contributed by atoms with Gasteiger partial charge in [-0.05, 0) is 73.2 Å². The zero-order valence-corrected chi connectivity index (χ0v) is 31.3. The number of carbonyl (C=O) groups is 4. The molecule has 3 fully saturated rings. The number of likely N-dealkylation sites (tertiary alicyclic amines) is 1. The lowest BCUT2D eigenvalue weighted by molar-refractivity contribution is -0.140. The molecule has 2 aliphatic heterocycles. The molecular weight excluding hydrogens is 692 g/mol. The van der Waals surface area contributed by atoms with Gasteiger partial charge in [0.05, 0.1) is 13.3 Å². The van der Waals surface area contributed by atoms with E-state index in [1.165, 1.54) is 6.42 Å². The number of benzene rings is 3. The SMILES string of the molecule is COCCNCc1ccc(C(=O)NC(Cc2ccc(Cl)cc2)C(=O)N2CCC3(CC2)C(=O)N(CC(=O)NC2CCCCC2)CN3c2ccccc2)cc1. The molecule has 11 nitrogen and oxygen atoms in total. The summed E-state index contributed by atoms with van der Waals surface area (Å²) >= 11 is 6.15. The molecule has 3 N–H and O–H groups in total. The number of nitrogens with one attached hydrogen (secondary N) is 3. The zero-order valence-electron chi connectivity index (χ0n) is 30.5. The third kappa shape index (κ3) is 9.57.